The first-order chi connectivity index (χ1) is 13.3. The van der Waals surface area contributed by atoms with E-state index in [-0.39, 0.29) is 12.4 Å². The number of halogens is 1. The molecule has 4 rings (SSSR count). The van der Waals surface area contributed by atoms with Crippen LogP contribution in [0.25, 0.3) is 0 Å². The lowest BCUT2D eigenvalue weighted by Gasteiger charge is -2.25. The van der Waals surface area contributed by atoms with Gasteiger partial charge in [0.2, 0.25) is 5.88 Å². The molecule has 3 heterocycles. The molecule has 0 amide bonds. The molecule has 0 spiro atoms. The molecule has 0 N–H and O–H groups in total. The maximum Gasteiger partial charge on any atom is 0.232 e. The van der Waals surface area contributed by atoms with E-state index in [0.29, 0.717) is 17.5 Å². The highest BCUT2D eigenvalue weighted by atomic mass is 35.5. The zero-order valence-corrected chi connectivity index (χ0v) is 16.0. The number of aromatic nitrogens is 1. The van der Waals surface area contributed by atoms with Gasteiger partial charge in [-0.25, -0.2) is 4.98 Å². The summed E-state index contributed by atoms with van der Waals surface area (Å²) in [5.41, 5.74) is 2.30. The maximum absolute atomic E-state index is 6.16. The van der Waals surface area contributed by atoms with Crippen LogP contribution in [0.2, 0.25) is 5.02 Å². The minimum absolute atomic E-state index is 0.0667. The molecule has 2 aliphatic heterocycles. The van der Waals surface area contributed by atoms with Crippen molar-refractivity contribution < 1.29 is 14.2 Å². The number of benzene rings is 1. The van der Waals surface area contributed by atoms with Crippen LogP contribution in [0.15, 0.2) is 36.5 Å². The van der Waals surface area contributed by atoms with Crippen molar-refractivity contribution in [2.75, 3.05) is 24.6 Å². The zero-order valence-electron chi connectivity index (χ0n) is 15.3. The second-order valence-electron chi connectivity index (χ2n) is 6.93. The number of rotatable bonds is 6. The van der Waals surface area contributed by atoms with Gasteiger partial charge in [0, 0.05) is 37.0 Å². The van der Waals surface area contributed by atoms with Gasteiger partial charge in [-0.3, -0.25) is 0 Å². The Hall–Kier alpha value is -1.82. The largest absolute Gasteiger partial charge is 0.471 e. The highest BCUT2D eigenvalue weighted by Crippen LogP contribution is 2.29. The molecule has 1 aromatic carbocycles. The van der Waals surface area contributed by atoms with Crippen molar-refractivity contribution in [1.29, 1.82) is 0 Å². The lowest BCUT2D eigenvalue weighted by Crippen LogP contribution is -2.26. The Kier molecular flexibility index (Phi) is 6.12. The van der Waals surface area contributed by atoms with E-state index >= 15 is 0 Å². The highest BCUT2D eigenvalue weighted by Gasteiger charge is 2.27. The van der Waals surface area contributed by atoms with Crippen molar-refractivity contribution >= 4 is 17.3 Å². The van der Waals surface area contributed by atoms with Crippen molar-refractivity contribution in [3.05, 3.63) is 53.2 Å². The molecule has 1 aromatic heterocycles. The lowest BCUT2D eigenvalue weighted by atomic mass is 10.1. The topological polar surface area (TPSA) is 43.8 Å². The second kappa shape index (κ2) is 8.91. The van der Waals surface area contributed by atoms with E-state index in [2.05, 4.69) is 22.0 Å². The summed E-state index contributed by atoms with van der Waals surface area (Å²) in [7, 11) is 0. The Bertz CT molecular complexity index is 752. The molecule has 1 unspecified atom stereocenters. The molecule has 2 aromatic rings. The Morgan fingerprint density at radius 3 is 3.11 bits per heavy atom. The highest BCUT2D eigenvalue weighted by molar-refractivity contribution is 6.31. The summed E-state index contributed by atoms with van der Waals surface area (Å²) >= 11 is 6.16. The molecule has 2 fully saturated rings. The molecule has 6 heteroatoms. The average molecular weight is 388 g/mol. The first-order valence-electron chi connectivity index (χ1n) is 9.54. The van der Waals surface area contributed by atoms with Crippen LogP contribution in [0.3, 0.4) is 0 Å². The monoisotopic (exact) mass is 387 g/mol. The Balaban J connectivity index is 1.38. The number of anilines is 1. The molecule has 0 aliphatic carbocycles. The van der Waals surface area contributed by atoms with Crippen molar-refractivity contribution in [3.63, 3.8) is 0 Å². The summed E-state index contributed by atoms with van der Waals surface area (Å²) in [6.07, 6.45) is 5.86. The van der Waals surface area contributed by atoms with Crippen LogP contribution in [0.5, 0.6) is 5.88 Å². The lowest BCUT2D eigenvalue weighted by molar-refractivity contribution is -0.168. The van der Waals surface area contributed by atoms with Gasteiger partial charge in [0.05, 0.1) is 13.2 Å². The summed E-state index contributed by atoms with van der Waals surface area (Å²) in [5.74, 6) is 0.505. The van der Waals surface area contributed by atoms with Crippen LogP contribution in [-0.4, -0.2) is 37.1 Å². The van der Waals surface area contributed by atoms with Gasteiger partial charge in [-0.2, -0.15) is 0 Å². The summed E-state index contributed by atoms with van der Waals surface area (Å²) in [5, 5.41) is 0.548. The Labute approximate surface area is 165 Å². The molecule has 1 radical (unpaired) electrons. The number of pyridine rings is 1. The van der Waals surface area contributed by atoms with Gasteiger partial charge < -0.3 is 19.1 Å². The molecule has 0 bridgehead atoms. The van der Waals surface area contributed by atoms with Gasteiger partial charge in [0.15, 0.2) is 6.29 Å². The van der Waals surface area contributed by atoms with E-state index in [1.807, 2.05) is 12.1 Å². The predicted octanol–water partition coefficient (Wildman–Crippen LogP) is 4.24. The van der Waals surface area contributed by atoms with Crippen LogP contribution in [0, 0.1) is 6.07 Å². The molecular formula is C21H24ClN2O3. The van der Waals surface area contributed by atoms with Crippen LogP contribution in [-0.2, 0) is 16.1 Å². The molecule has 2 atom stereocenters. The molecular weight excluding hydrogens is 364 g/mol. The Morgan fingerprint density at radius 2 is 2.26 bits per heavy atom. The molecule has 143 valence electrons. The van der Waals surface area contributed by atoms with Gasteiger partial charge in [-0.05, 0) is 49.6 Å². The third-order valence-electron chi connectivity index (χ3n) is 4.98. The third-order valence-corrected chi connectivity index (χ3v) is 5.26. The number of hydrogen-bond acceptors (Lipinski definition) is 5. The number of ether oxygens (including phenoxy) is 3. The molecule has 0 saturated carbocycles. The maximum atomic E-state index is 6.16. The third kappa shape index (κ3) is 4.72. The fourth-order valence-electron chi connectivity index (χ4n) is 3.57. The normalized spacial score (nSPS) is 22.8. The molecule has 2 aliphatic rings. The first-order valence-corrected chi connectivity index (χ1v) is 9.92. The van der Waals surface area contributed by atoms with Crippen LogP contribution < -0.4 is 9.64 Å². The smallest absolute Gasteiger partial charge is 0.232 e. The summed E-state index contributed by atoms with van der Waals surface area (Å²) in [6.45, 7) is 3.04. The van der Waals surface area contributed by atoms with Crippen molar-refractivity contribution in [2.24, 2.45) is 0 Å². The minimum atomic E-state index is -0.0900. The van der Waals surface area contributed by atoms with Crippen LogP contribution in [0.4, 0.5) is 5.69 Å². The minimum Gasteiger partial charge on any atom is -0.471 e. The van der Waals surface area contributed by atoms with E-state index in [1.165, 1.54) is 12.1 Å². The van der Waals surface area contributed by atoms with E-state index in [1.54, 1.807) is 18.3 Å². The SMILES string of the molecule is Clc1cccnc1O[C@H]1CCN(c2cc[c]cc2COC2CCCCO2)C1. The van der Waals surface area contributed by atoms with Gasteiger partial charge in [0.25, 0.3) is 0 Å². The number of nitrogens with zero attached hydrogens (tertiary/aromatic N) is 2. The summed E-state index contributed by atoms with van der Waals surface area (Å²) in [6, 6.07) is 12.8. The van der Waals surface area contributed by atoms with Crippen molar-refractivity contribution in [3.8, 4) is 5.88 Å². The van der Waals surface area contributed by atoms with E-state index in [0.717, 1.165) is 44.5 Å². The quantitative estimate of drug-likeness (QED) is 0.741. The van der Waals surface area contributed by atoms with Crippen LogP contribution in [0.1, 0.15) is 31.2 Å². The van der Waals surface area contributed by atoms with Gasteiger partial charge in [-0.15, -0.1) is 0 Å². The van der Waals surface area contributed by atoms with Crippen molar-refractivity contribution in [1.82, 2.24) is 4.98 Å². The van der Waals surface area contributed by atoms with Crippen molar-refractivity contribution in [2.45, 2.75) is 44.7 Å². The van der Waals surface area contributed by atoms with Gasteiger partial charge in [0.1, 0.15) is 11.1 Å². The second-order valence-corrected chi connectivity index (χ2v) is 7.33. The molecule has 2 saturated heterocycles. The fourth-order valence-corrected chi connectivity index (χ4v) is 3.73. The van der Waals surface area contributed by atoms with E-state index in [4.69, 9.17) is 25.8 Å². The van der Waals surface area contributed by atoms with Crippen LogP contribution >= 0.6 is 11.6 Å². The predicted molar refractivity (Wildman–Crippen MR) is 104 cm³/mol. The zero-order chi connectivity index (χ0) is 18.5. The molecule has 5 nitrogen and oxygen atoms in total. The van der Waals surface area contributed by atoms with Gasteiger partial charge >= 0.3 is 0 Å². The van der Waals surface area contributed by atoms with E-state index < -0.39 is 0 Å². The number of hydrogen-bond donors (Lipinski definition) is 0. The first kappa shape index (κ1) is 18.5. The standard InChI is InChI=1S/C21H24ClN2O3/c22-18-7-5-11-23-21(18)27-17-10-12-24(14-17)19-8-2-1-6-16(19)15-26-20-9-3-4-13-25-20/h2,5-8,11,17,20H,3-4,9-10,12-15H2/t17-,20?/m0/s1. The fraction of sp³-hybridized carbons (Fsp3) is 0.476. The average Bonchev–Trinajstić information content (AvgIpc) is 3.18. The molecule has 27 heavy (non-hydrogen) atoms. The summed E-state index contributed by atoms with van der Waals surface area (Å²) < 4.78 is 17.7. The van der Waals surface area contributed by atoms with E-state index in [9.17, 15) is 0 Å². The van der Waals surface area contributed by atoms with Gasteiger partial charge in [-0.1, -0.05) is 17.7 Å². The Morgan fingerprint density at radius 1 is 1.30 bits per heavy atom. The summed E-state index contributed by atoms with van der Waals surface area (Å²) in [4.78, 5) is 6.56.